The van der Waals surface area contributed by atoms with Crippen molar-refractivity contribution in [2.45, 2.75) is 59.3 Å². The van der Waals surface area contributed by atoms with Crippen LogP contribution in [0.3, 0.4) is 0 Å². The van der Waals surface area contributed by atoms with Crippen molar-refractivity contribution in [3.05, 3.63) is 59.7 Å². The van der Waals surface area contributed by atoms with Gasteiger partial charge in [-0.15, -0.1) is 0 Å². The van der Waals surface area contributed by atoms with Crippen molar-refractivity contribution in [3.63, 3.8) is 0 Å². The molecule has 0 aliphatic carbocycles. The third-order valence-electron chi connectivity index (χ3n) is 3.74. The molecule has 0 heteroatoms. The molecule has 0 radical (unpaired) electrons. The Morgan fingerprint density at radius 3 is 2.40 bits per heavy atom. The van der Waals surface area contributed by atoms with Gasteiger partial charge in [0.05, 0.1) is 0 Å². The van der Waals surface area contributed by atoms with Gasteiger partial charge in [-0.2, -0.15) is 0 Å². The summed E-state index contributed by atoms with van der Waals surface area (Å²) in [6.45, 7) is 13.1. The van der Waals surface area contributed by atoms with Gasteiger partial charge < -0.3 is 0 Å². The van der Waals surface area contributed by atoms with E-state index in [4.69, 9.17) is 0 Å². The third kappa shape index (κ3) is 6.75. The van der Waals surface area contributed by atoms with Crippen LogP contribution in [0, 0.1) is 12.8 Å². The fourth-order valence-corrected chi connectivity index (χ4v) is 2.33. The normalized spacial score (nSPS) is 13.1. The first kappa shape index (κ1) is 16.8. The van der Waals surface area contributed by atoms with Crippen LogP contribution >= 0.6 is 0 Å². The average molecular weight is 270 g/mol. The van der Waals surface area contributed by atoms with E-state index in [1.165, 1.54) is 29.5 Å². The molecule has 0 N–H and O–H groups in total. The van der Waals surface area contributed by atoms with Gasteiger partial charge in [-0.05, 0) is 50.0 Å². The Hall–Kier alpha value is -1.30. The van der Waals surface area contributed by atoms with E-state index in [0.29, 0.717) is 11.8 Å². The third-order valence-corrected chi connectivity index (χ3v) is 3.74. The summed E-state index contributed by atoms with van der Waals surface area (Å²) in [6, 6.07) is 8.95. The number of rotatable bonds is 8. The van der Waals surface area contributed by atoms with Gasteiger partial charge in [0.1, 0.15) is 0 Å². The zero-order chi connectivity index (χ0) is 15.0. The molecule has 110 valence electrons. The molecule has 0 saturated carbocycles. The van der Waals surface area contributed by atoms with E-state index in [2.05, 4.69) is 70.7 Å². The van der Waals surface area contributed by atoms with Gasteiger partial charge in [0, 0.05) is 0 Å². The summed E-state index contributed by atoms with van der Waals surface area (Å²) in [4.78, 5) is 0. The zero-order valence-corrected chi connectivity index (χ0v) is 13.7. The molecule has 1 aromatic carbocycles. The molecule has 1 aromatic rings. The Morgan fingerprint density at radius 1 is 1.15 bits per heavy atom. The van der Waals surface area contributed by atoms with Crippen molar-refractivity contribution >= 4 is 0 Å². The lowest BCUT2D eigenvalue weighted by Crippen LogP contribution is -1.94. The van der Waals surface area contributed by atoms with Crippen LogP contribution in [-0.4, -0.2) is 0 Å². The SMILES string of the molecule is C=C(CC=CC(C)C)CCCC(C)c1ccc(C)cc1. The Labute approximate surface area is 125 Å². The average Bonchev–Trinajstić information content (AvgIpc) is 2.39. The van der Waals surface area contributed by atoms with Crippen molar-refractivity contribution in [1.82, 2.24) is 0 Å². The fourth-order valence-electron chi connectivity index (χ4n) is 2.33. The summed E-state index contributed by atoms with van der Waals surface area (Å²) in [6.07, 6.45) is 9.20. The van der Waals surface area contributed by atoms with Gasteiger partial charge in [0.2, 0.25) is 0 Å². The molecule has 1 atom stereocenters. The second-order valence-electron chi connectivity index (χ2n) is 6.33. The second-order valence-corrected chi connectivity index (χ2v) is 6.33. The van der Waals surface area contributed by atoms with E-state index in [9.17, 15) is 0 Å². The summed E-state index contributed by atoms with van der Waals surface area (Å²) < 4.78 is 0. The summed E-state index contributed by atoms with van der Waals surface area (Å²) in [5, 5.41) is 0. The lowest BCUT2D eigenvalue weighted by molar-refractivity contribution is 0.629. The van der Waals surface area contributed by atoms with Crippen LogP contribution in [0.25, 0.3) is 0 Å². The molecule has 0 aliphatic heterocycles. The van der Waals surface area contributed by atoms with Crippen molar-refractivity contribution in [2.24, 2.45) is 5.92 Å². The smallest absolute Gasteiger partial charge is 0.0141 e. The maximum absolute atomic E-state index is 4.18. The summed E-state index contributed by atoms with van der Waals surface area (Å²) >= 11 is 0. The van der Waals surface area contributed by atoms with E-state index in [0.717, 1.165) is 12.8 Å². The lowest BCUT2D eigenvalue weighted by Gasteiger charge is -2.12. The minimum atomic E-state index is 0.643. The van der Waals surface area contributed by atoms with Crippen LogP contribution in [0.2, 0.25) is 0 Å². The molecule has 0 fully saturated rings. The Bertz CT molecular complexity index is 420. The first-order valence-corrected chi connectivity index (χ1v) is 7.89. The summed E-state index contributed by atoms with van der Waals surface area (Å²) in [5.41, 5.74) is 4.16. The van der Waals surface area contributed by atoms with E-state index in [1.54, 1.807) is 0 Å². The highest BCUT2D eigenvalue weighted by atomic mass is 14.1. The maximum atomic E-state index is 4.18. The minimum Gasteiger partial charge on any atom is -0.0995 e. The molecule has 0 aromatic heterocycles. The zero-order valence-electron chi connectivity index (χ0n) is 13.7. The number of benzene rings is 1. The fraction of sp³-hybridized carbons (Fsp3) is 0.500. The van der Waals surface area contributed by atoms with Crippen LogP contribution in [-0.2, 0) is 0 Å². The molecule has 0 aliphatic rings. The summed E-state index contributed by atoms with van der Waals surface area (Å²) in [7, 11) is 0. The van der Waals surface area contributed by atoms with Gasteiger partial charge in [0.15, 0.2) is 0 Å². The molecule has 0 bridgehead atoms. The highest BCUT2D eigenvalue weighted by molar-refractivity contribution is 5.24. The quantitative estimate of drug-likeness (QED) is 0.478. The minimum absolute atomic E-state index is 0.643. The van der Waals surface area contributed by atoms with Crippen LogP contribution in [0.4, 0.5) is 0 Å². The molecule has 0 nitrogen and oxygen atoms in total. The van der Waals surface area contributed by atoms with Gasteiger partial charge in [-0.3, -0.25) is 0 Å². The van der Waals surface area contributed by atoms with Gasteiger partial charge >= 0.3 is 0 Å². The van der Waals surface area contributed by atoms with Crippen molar-refractivity contribution < 1.29 is 0 Å². The highest BCUT2D eigenvalue weighted by Crippen LogP contribution is 2.23. The first-order chi connectivity index (χ1) is 9.49. The molecule has 0 spiro atoms. The molecule has 1 rings (SSSR count). The van der Waals surface area contributed by atoms with E-state index in [-0.39, 0.29) is 0 Å². The number of allylic oxidation sites excluding steroid dienone is 3. The Kier molecular flexibility index (Phi) is 7.36. The van der Waals surface area contributed by atoms with E-state index >= 15 is 0 Å². The lowest BCUT2D eigenvalue weighted by atomic mass is 9.93. The maximum Gasteiger partial charge on any atom is -0.0141 e. The standard InChI is InChI=1S/C20H30/c1-16(2)8-6-9-17(3)10-7-11-19(5)20-14-12-18(4)13-15-20/h6,8,12-16,19H,3,7,9-11H2,1-2,4-5H3. The first-order valence-electron chi connectivity index (χ1n) is 7.89. The van der Waals surface area contributed by atoms with E-state index < -0.39 is 0 Å². The predicted molar refractivity (Wildman–Crippen MR) is 91.2 cm³/mol. The summed E-state index contributed by atoms with van der Waals surface area (Å²) in [5.74, 6) is 1.29. The van der Waals surface area contributed by atoms with Crippen LogP contribution < -0.4 is 0 Å². The van der Waals surface area contributed by atoms with Crippen molar-refractivity contribution in [3.8, 4) is 0 Å². The van der Waals surface area contributed by atoms with Crippen molar-refractivity contribution in [2.75, 3.05) is 0 Å². The van der Waals surface area contributed by atoms with Gasteiger partial charge in [-0.25, -0.2) is 0 Å². The van der Waals surface area contributed by atoms with Crippen molar-refractivity contribution in [1.29, 1.82) is 0 Å². The molecule has 0 saturated heterocycles. The molecule has 1 unspecified atom stereocenters. The molecule has 20 heavy (non-hydrogen) atoms. The Balaban J connectivity index is 2.26. The topological polar surface area (TPSA) is 0 Å². The molecular formula is C20H30. The second kappa shape index (κ2) is 8.79. The predicted octanol–water partition coefficient (Wildman–Crippen LogP) is 6.43. The van der Waals surface area contributed by atoms with Crippen LogP contribution in [0.5, 0.6) is 0 Å². The monoisotopic (exact) mass is 270 g/mol. The molecule has 0 amide bonds. The van der Waals surface area contributed by atoms with Gasteiger partial charge in [-0.1, -0.05) is 74.9 Å². The van der Waals surface area contributed by atoms with Crippen LogP contribution in [0.15, 0.2) is 48.6 Å². The molecule has 0 heterocycles. The van der Waals surface area contributed by atoms with Crippen LogP contribution in [0.1, 0.15) is 63.5 Å². The Morgan fingerprint density at radius 2 is 1.80 bits per heavy atom. The number of hydrogen-bond donors (Lipinski definition) is 0. The number of hydrogen-bond acceptors (Lipinski definition) is 0. The van der Waals surface area contributed by atoms with Gasteiger partial charge in [0.25, 0.3) is 0 Å². The largest absolute Gasteiger partial charge is 0.0995 e. The molecular weight excluding hydrogens is 240 g/mol. The highest BCUT2D eigenvalue weighted by Gasteiger charge is 2.05. The number of aryl methyl sites for hydroxylation is 1. The van der Waals surface area contributed by atoms with E-state index in [1.807, 2.05) is 0 Å².